The second-order valence-corrected chi connectivity index (χ2v) is 5.11. The summed E-state index contributed by atoms with van der Waals surface area (Å²) in [4.78, 5) is 10.0. The van der Waals surface area contributed by atoms with Crippen molar-refractivity contribution in [1.29, 1.82) is 0 Å². The number of methoxy groups -OCH3 is 1. The van der Waals surface area contributed by atoms with Gasteiger partial charge >= 0.3 is 5.88 Å². The minimum atomic E-state index is -0.643. The van der Waals surface area contributed by atoms with Crippen LogP contribution in [-0.2, 0) is 0 Å². The molecule has 1 aromatic heterocycles. The highest BCUT2D eigenvalue weighted by Gasteiger charge is 2.21. The maximum atomic E-state index is 10.6. The second kappa shape index (κ2) is 5.64. The third-order valence-corrected chi connectivity index (χ3v) is 3.80. The lowest BCUT2D eigenvalue weighted by molar-refractivity contribution is -0.402. The number of rotatable bonds is 4. The molecule has 0 bridgehead atoms. The van der Waals surface area contributed by atoms with Gasteiger partial charge in [0.15, 0.2) is 0 Å². The van der Waals surface area contributed by atoms with Crippen molar-refractivity contribution in [3.63, 3.8) is 0 Å². The van der Waals surface area contributed by atoms with Crippen LogP contribution in [0.25, 0.3) is 0 Å². The summed E-state index contributed by atoms with van der Waals surface area (Å²) in [7, 11) is 1.55. The lowest BCUT2D eigenvalue weighted by atomic mass is 10.0. The molecule has 1 unspecified atom stereocenters. The van der Waals surface area contributed by atoms with Crippen LogP contribution in [0.15, 0.2) is 33.2 Å². The summed E-state index contributed by atoms with van der Waals surface area (Å²) < 4.78 is 11.3. The van der Waals surface area contributed by atoms with E-state index in [0.717, 1.165) is 10.0 Å². The Morgan fingerprint density at radius 1 is 1.45 bits per heavy atom. The fourth-order valence-corrected chi connectivity index (χ4v) is 2.21. The van der Waals surface area contributed by atoms with E-state index in [1.165, 1.54) is 12.1 Å². The molecule has 1 aromatic carbocycles. The highest BCUT2D eigenvalue weighted by Crippen LogP contribution is 2.34. The van der Waals surface area contributed by atoms with E-state index in [4.69, 9.17) is 14.9 Å². The van der Waals surface area contributed by atoms with E-state index in [9.17, 15) is 10.1 Å². The lowest BCUT2D eigenvalue weighted by Crippen LogP contribution is -2.12. The maximum Gasteiger partial charge on any atom is 0.433 e. The van der Waals surface area contributed by atoms with Crippen molar-refractivity contribution >= 4 is 21.8 Å². The molecule has 2 N–H and O–H groups in total. The van der Waals surface area contributed by atoms with Crippen LogP contribution in [0.2, 0.25) is 0 Å². The Bertz CT molecular complexity index is 654. The molecule has 0 spiro atoms. The van der Waals surface area contributed by atoms with Crippen LogP contribution in [0.5, 0.6) is 5.75 Å². The summed E-state index contributed by atoms with van der Waals surface area (Å²) in [5, 5.41) is 10.6. The molecule has 0 aliphatic rings. The van der Waals surface area contributed by atoms with Gasteiger partial charge in [-0.3, -0.25) is 10.1 Å². The zero-order chi connectivity index (χ0) is 14.9. The van der Waals surface area contributed by atoms with Gasteiger partial charge in [-0.2, -0.15) is 0 Å². The number of halogens is 1. The number of nitrogens with zero attached hydrogens (tertiary/aromatic N) is 1. The van der Waals surface area contributed by atoms with E-state index < -0.39 is 11.0 Å². The first kappa shape index (κ1) is 14.5. The maximum absolute atomic E-state index is 10.6. The molecule has 1 heterocycles. The van der Waals surface area contributed by atoms with E-state index in [2.05, 4.69) is 15.9 Å². The SMILES string of the molecule is COc1cc(C)c(Br)cc1C(N)c1ccc([N+](=O)[O-])o1. The Labute approximate surface area is 123 Å². The number of furan rings is 1. The minimum absolute atomic E-state index is 0.311. The lowest BCUT2D eigenvalue weighted by Gasteiger charge is -2.15. The number of nitrogens with two attached hydrogens (primary N) is 1. The topological polar surface area (TPSA) is 91.5 Å². The third-order valence-electron chi connectivity index (χ3n) is 2.95. The zero-order valence-electron chi connectivity index (χ0n) is 10.9. The van der Waals surface area contributed by atoms with E-state index >= 15 is 0 Å². The van der Waals surface area contributed by atoms with Crippen LogP contribution in [0.4, 0.5) is 5.88 Å². The van der Waals surface area contributed by atoms with Crippen LogP contribution in [0.3, 0.4) is 0 Å². The Kier molecular flexibility index (Phi) is 4.10. The van der Waals surface area contributed by atoms with Crippen molar-refractivity contribution in [2.24, 2.45) is 5.73 Å². The van der Waals surface area contributed by atoms with Gasteiger partial charge in [-0.1, -0.05) is 15.9 Å². The van der Waals surface area contributed by atoms with Crippen molar-refractivity contribution in [2.45, 2.75) is 13.0 Å². The molecule has 2 aromatic rings. The summed E-state index contributed by atoms with van der Waals surface area (Å²) in [5.74, 6) is 0.587. The van der Waals surface area contributed by atoms with Crippen LogP contribution in [0, 0.1) is 17.0 Å². The van der Waals surface area contributed by atoms with Gasteiger partial charge in [0.1, 0.15) is 16.4 Å². The monoisotopic (exact) mass is 340 g/mol. The normalized spacial score (nSPS) is 12.2. The molecular formula is C13H13BrN2O4. The quantitative estimate of drug-likeness (QED) is 0.680. The van der Waals surface area contributed by atoms with Gasteiger partial charge in [0, 0.05) is 10.0 Å². The number of nitro groups is 1. The Balaban J connectivity index is 2.43. The smallest absolute Gasteiger partial charge is 0.433 e. The van der Waals surface area contributed by atoms with Gasteiger partial charge in [-0.15, -0.1) is 0 Å². The van der Waals surface area contributed by atoms with Crippen molar-refractivity contribution in [2.75, 3.05) is 7.11 Å². The minimum Gasteiger partial charge on any atom is -0.496 e. The fourth-order valence-electron chi connectivity index (χ4n) is 1.85. The van der Waals surface area contributed by atoms with Gasteiger partial charge in [-0.05, 0) is 30.7 Å². The van der Waals surface area contributed by atoms with Crippen LogP contribution >= 0.6 is 15.9 Å². The summed E-state index contributed by atoms with van der Waals surface area (Å²) >= 11 is 3.43. The largest absolute Gasteiger partial charge is 0.496 e. The molecule has 0 radical (unpaired) electrons. The third kappa shape index (κ3) is 2.68. The summed E-state index contributed by atoms with van der Waals surface area (Å²) in [6.07, 6.45) is 0. The highest BCUT2D eigenvalue weighted by atomic mass is 79.9. The predicted molar refractivity (Wildman–Crippen MR) is 76.8 cm³/mol. The molecule has 6 nitrogen and oxygen atoms in total. The van der Waals surface area contributed by atoms with Crippen molar-refractivity contribution in [3.8, 4) is 5.75 Å². The standard InChI is InChI=1S/C13H13BrN2O4/c1-7-5-11(19-2)8(6-9(7)14)13(15)10-3-4-12(20-10)16(17)18/h3-6,13H,15H2,1-2H3. The summed E-state index contributed by atoms with van der Waals surface area (Å²) in [6.45, 7) is 1.93. The Morgan fingerprint density at radius 3 is 2.70 bits per heavy atom. The molecule has 7 heteroatoms. The fraction of sp³-hybridized carbons (Fsp3) is 0.231. The van der Waals surface area contributed by atoms with Crippen molar-refractivity contribution in [3.05, 3.63) is 55.7 Å². The first-order valence-corrected chi connectivity index (χ1v) is 6.57. The average Bonchev–Trinajstić information content (AvgIpc) is 2.90. The van der Waals surface area contributed by atoms with E-state index in [0.29, 0.717) is 17.1 Å². The van der Waals surface area contributed by atoms with Crippen molar-refractivity contribution < 1.29 is 14.1 Å². The number of ether oxygens (including phenoxy) is 1. The number of hydrogen-bond acceptors (Lipinski definition) is 5. The zero-order valence-corrected chi connectivity index (χ0v) is 12.5. The first-order chi connectivity index (χ1) is 9.43. The molecule has 2 rings (SSSR count). The van der Waals surface area contributed by atoms with Crippen LogP contribution < -0.4 is 10.5 Å². The Hall–Kier alpha value is -1.86. The van der Waals surface area contributed by atoms with E-state index in [-0.39, 0.29) is 5.88 Å². The average molecular weight is 341 g/mol. The molecule has 0 aliphatic heterocycles. The molecule has 0 fully saturated rings. The predicted octanol–water partition coefficient (Wildman–Crippen LogP) is 3.32. The molecule has 0 amide bonds. The second-order valence-electron chi connectivity index (χ2n) is 4.25. The van der Waals surface area contributed by atoms with E-state index in [1.807, 2.05) is 19.1 Å². The first-order valence-electron chi connectivity index (χ1n) is 5.77. The van der Waals surface area contributed by atoms with E-state index in [1.54, 1.807) is 7.11 Å². The van der Waals surface area contributed by atoms with Gasteiger partial charge in [-0.25, -0.2) is 0 Å². The summed E-state index contributed by atoms with van der Waals surface area (Å²) in [6, 6.07) is 5.81. The van der Waals surface area contributed by atoms with Crippen molar-refractivity contribution in [1.82, 2.24) is 0 Å². The number of aryl methyl sites for hydroxylation is 1. The molecule has 1 atom stereocenters. The van der Waals surface area contributed by atoms with Gasteiger partial charge in [0.2, 0.25) is 0 Å². The number of benzene rings is 1. The van der Waals surface area contributed by atoms with Gasteiger partial charge in [0.05, 0.1) is 19.2 Å². The van der Waals surface area contributed by atoms with Gasteiger partial charge in [0.25, 0.3) is 0 Å². The molecule has 106 valence electrons. The molecule has 0 saturated carbocycles. The Morgan fingerprint density at radius 2 is 2.15 bits per heavy atom. The highest BCUT2D eigenvalue weighted by molar-refractivity contribution is 9.10. The molecular weight excluding hydrogens is 328 g/mol. The van der Waals surface area contributed by atoms with Crippen LogP contribution in [-0.4, -0.2) is 12.0 Å². The van der Waals surface area contributed by atoms with Crippen LogP contribution in [0.1, 0.15) is 22.9 Å². The number of hydrogen-bond donors (Lipinski definition) is 1. The molecule has 0 aliphatic carbocycles. The van der Waals surface area contributed by atoms with Gasteiger partial charge < -0.3 is 14.9 Å². The molecule has 0 saturated heterocycles. The summed E-state index contributed by atoms with van der Waals surface area (Å²) in [5.41, 5.74) is 7.80. The molecule has 20 heavy (non-hydrogen) atoms.